The Morgan fingerprint density at radius 3 is 2.93 bits per heavy atom. The van der Waals surface area contributed by atoms with Gasteiger partial charge in [-0.15, -0.1) is 0 Å². The van der Waals surface area contributed by atoms with E-state index in [1.54, 1.807) is 25.6 Å². The summed E-state index contributed by atoms with van der Waals surface area (Å²) in [7, 11) is 1.60. The van der Waals surface area contributed by atoms with E-state index in [0.717, 1.165) is 24.1 Å². The quantitative estimate of drug-likeness (QED) is 0.786. The first-order valence-corrected chi connectivity index (χ1v) is 10.4. The Morgan fingerprint density at radius 2 is 2.20 bits per heavy atom. The zero-order valence-corrected chi connectivity index (χ0v) is 17.2. The molecule has 0 fully saturated rings. The minimum Gasteiger partial charge on any atom is -0.481 e. The maximum atomic E-state index is 10.8. The minimum atomic E-state index is -0.527. The van der Waals surface area contributed by atoms with Crippen molar-refractivity contribution in [1.29, 1.82) is 0 Å². The van der Waals surface area contributed by atoms with Crippen LogP contribution >= 0.6 is 0 Å². The molecule has 2 N–H and O–H groups in total. The minimum absolute atomic E-state index is 0.322. The van der Waals surface area contributed by atoms with Gasteiger partial charge in [-0.3, -0.25) is 9.99 Å². The molecule has 0 bridgehead atoms. The molecule has 3 heterocycles. The van der Waals surface area contributed by atoms with E-state index >= 15 is 0 Å². The number of ether oxygens (including phenoxy) is 1. The number of pyridine rings is 2. The number of hydrazine groups is 1. The van der Waals surface area contributed by atoms with Gasteiger partial charge in [-0.05, 0) is 60.6 Å². The molecular formula is C24H26N4O2. The molecule has 0 saturated carbocycles. The van der Waals surface area contributed by atoms with Crippen LogP contribution in [0, 0.1) is 11.8 Å². The van der Waals surface area contributed by atoms with Crippen molar-refractivity contribution in [3.05, 3.63) is 83.1 Å². The van der Waals surface area contributed by atoms with Crippen LogP contribution in [0.3, 0.4) is 0 Å². The molecule has 154 valence electrons. The standard InChI is InChI=1S/C24H26N4O2/c1-15-20-14-27-28(19-4-3-9-25-13-19)21(20)10-16-5-6-17(24(15)16)11-22(29)18-7-8-23(30-2)26-12-18/h3-4,7-10,12-15,17,22,27,29H,5-6,11H2,1-2H3/t15-,17+,22?/m0/s1. The van der Waals surface area contributed by atoms with Crippen LogP contribution in [0.2, 0.25) is 0 Å². The highest BCUT2D eigenvalue weighted by atomic mass is 16.5. The van der Waals surface area contributed by atoms with Crippen LogP contribution < -0.4 is 15.2 Å². The molecule has 2 aliphatic carbocycles. The lowest BCUT2D eigenvalue weighted by Gasteiger charge is -2.30. The predicted octanol–water partition coefficient (Wildman–Crippen LogP) is 4.06. The Morgan fingerprint density at radius 1 is 1.30 bits per heavy atom. The molecule has 0 radical (unpaired) electrons. The number of aromatic nitrogens is 2. The van der Waals surface area contributed by atoms with Gasteiger partial charge in [0.25, 0.3) is 0 Å². The van der Waals surface area contributed by atoms with Crippen molar-refractivity contribution in [2.45, 2.75) is 32.3 Å². The molecule has 6 heteroatoms. The first-order chi connectivity index (χ1) is 14.7. The van der Waals surface area contributed by atoms with Gasteiger partial charge < -0.3 is 15.3 Å². The lowest BCUT2D eigenvalue weighted by atomic mass is 9.78. The van der Waals surface area contributed by atoms with Crippen LogP contribution in [0.1, 0.15) is 37.9 Å². The van der Waals surface area contributed by atoms with Crippen LogP contribution in [-0.2, 0) is 0 Å². The first kappa shape index (κ1) is 18.9. The summed E-state index contributed by atoms with van der Waals surface area (Å²) in [4.78, 5) is 8.49. The third kappa shape index (κ3) is 3.17. The highest BCUT2D eigenvalue weighted by Gasteiger charge is 2.38. The van der Waals surface area contributed by atoms with E-state index in [-0.39, 0.29) is 0 Å². The number of fused-ring (bicyclic) bond motifs is 1. The number of aliphatic hydroxyl groups excluding tert-OH is 1. The molecule has 0 amide bonds. The summed E-state index contributed by atoms with van der Waals surface area (Å²) in [6, 6.07) is 7.72. The van der Waals surface area contributed by atoms with Crippen LogP contribution in [0.5, 0.6) is 5.88 Å². The van der Waals surface area contributed by atoms with Gasteiger partial charge in [-0.2, -0.15) is 0 Å². The van der Waals surface area contributed by atoms with Crippen molar-refractivity contribution in [1.82, 2.24) is 15.4 Å². The van der Waals surface area contributed by atoms with Crippen LogP contribution in [0.15, 0.2) is 77.5 Å². The summed E-state index contributed by atoms with van der Waals surface area (Å²) in [5.41, 5.74) is 10.7. The van der Waals surface area contributed by atoms with Gasteiger partial charge in [0.1, 0.15) is 0 Å². The zero-order valence-electron chi connectivity index (χ0n) is 17.2. The van der Waals surface area contributed by atoms with Gasteiger partial charge in [0.2, 0.25) is 5.88 Å². The lowest BCUT2D eigenvalue weighted by molar-refractivity contribution is 0.148. The second-order valence-electron chi connectivity index (χ2n) is 8.13. The summed E-state index contributed by atoms with van der Waals surface area (Å²) < 4.78 is 5.12. The van der Waals surface area contributed by atoms with E-state index in [9.17, 15) is 5.11 Å². The Kier molecular flexibility index (Phi) is 4.79. The zero-order chi connectivity index (χ0) is 20.7. The molecule has 3 aliphatic rings. The fraction of sp³-hybridized carbons (Fsp3) is 0.333. The molecule has 0 spiro atoms. The number of methoxy groups -OCH3 is 1. The van der Waals surface area contributed by atoms with Gasteiger partial charge in [0, 0.05) is 36.2 Å². The molecule has 0 saturated heterocycles. The van der Waals surface area contributed by atoms with Crippen molar-refractivity contribution in [2.24, 2.45) is 11.8 Å². The summed E-state index contributed by atoms with van der Waals surface area (Å²) in [6.07, 6.45) is 12.1. The molecule has 6 nitrogen and oxygen atoms in total. The number of nitrogens with one attached hydrogen (secondary N) is 1. The SMILES string of the molecule is COc1ccc(C(O)C[C@H]2CCC3=C2[C@@H](C)C2=CNN(c4cccnc4)C2=C3)cn1. The smallest absolute Gasteiger partial charge is 0.212 e. The van der Waals surface area contributed by atoms with Crippen molar-refractivity contribution >= 4 is 5.69 Å². The fourth-order valence-corrected chi connectivity index (χ4v) is 4.97. The van der Waals surface area contributed by atoms with Gasteiger partial charge in [0.05, 0.1) is 30.8 Å². The van der Waals surface area contributed by atoms with Crippen LogP contribution in [0.25, 0.3) is 0 Å². The number of hydrogen-bond donors (Lipinski definition) is 2. The number of hydrogen-bond acceptors (Lipinski definition) is 6. The monoisotopic (exact) mass is 402 g/mol. The van der Waals surface area contributed by atoms with Crippen LogP contribution in [0.4, 0.5) is 5.69 Å². The average molecular weight is 402 g/mol. The average Bonchev–Trinajstić information content (AvgIpc) is 3.39. The Hall–Kier alpha value is -3.12. The maximum Gasteiger partial charge on any atom is 0.212 e. The van der Waals surface area contributed by atoms with E-state index in [0.29, 0.717) is 24.1 Å². The molecule has 3 atom stereocenters. The first-order valence-electron chi connectivity index (χ1n) is 10.4. The third-order valence-corrected chi connectivity index (χ3v) is 6.47. The second-order valence-corrected chi connectivity index (χ2v) is 8.13. The Bertz CT molecular complexity index is 1030. The van der Waals surface area contributed by atoms with Gasteiger partial charge in [-0.1, -0.05) is 12.5 Å². The molecule has 1 aliphatic heterocycles. The highest BCUT2D eigenvalue weighted by Crippen LogP contribution is 2.49. The molecule has 2 aromatic rings. The fourth-order valence-electron chi connectivity index (χ4n) is 4.97. The normalized spacial score (nSPS) is 23.4. The largest absolute Gasteiger partial charge is 0.481 e. The van der Waals surface area contributed by atoms with E-state index in [2.05, 4.69) is 45.7 Å². The summed E-state index contributed by atoms with van der Waals surface area (Å²) in [5, 5.41) is 12.9. The maximum absolute atomic E-state index is 10.8. The lowest BCUT2D eigenvalue weighted by Crippen LogP contribution is -2.30. The Labute approximate surface area is 176 Å². The molecule has 0 aromatic carbocycles. The topological polar surface area (TPSA) is 70.5 Å². The summed E-state index contributed by atoms with van der Waals surface area (Å²) in [6.45, 7) is 2.28. The van der Waals surface area contributed by atoms with Gasteiger partial charge in [0.15, 0.2) is 0 Å². The van der Waals surface area contributed by atoms with E-state index < -0.39 is 6.10 Å². The van der Waals surface area contributed by atoms with Crippen molar-refractivity contribution in [2.75, 3.05) is 12.1 Å². The van der Waals surface area contributed by atoms with Gasteiger partial charge >= 0.3 is 0 Å². The Balaban J connectivity index is 1.38. The number of nitrogens with zero attached hydrogens (tertiary/aromatic N) is 3. The van der Waals surface area contributed by atoms with Crippen LogP contribution in [-0.4, -0.2) is 22.2 Å². The van der Waals surface area contributed by atoms with E-state index in [1.165, 1.54) is 22.4 Å². The summed E-state index contributed by atoms with van der Waals surface area (Å²) in [5.74, 6) is 1.26. The molecular weight excluding hydrogens is 376 g/mol. The number of allylic oxidation sites excluding steroid dienone is 4. The van der Waals surface area contributed by atoms with E-state index in [1.807, 2.05) is 18.3 Å². The molecule has 2 aromatic heterocycles. The van der Waals surface area contributed by atoms with E-state index in [4.69, 9.17) is 4.74 Å². The van der Waals surface area contributed by atoms with Crippen molar-refractivity contribution in [3.63, 3.8) is 0 Å². The number of anilines is 1. The van der Waals surface area contributed by atoms with Crippen molar-refractivity contribution in [3.8, 4) is 5.88 Å². The molecule has 1 unspecified atom stereocenters. The number of rotatable bonds is 5. The highest BCUT2D eigenvalue weighted by molar-refractivity contribution is 5.64. The predicted molar refractivity (Wildman–Crippen MR) is 115 cm³/mol. The second kappa shape index (κ2) is 7.61. The number of aliphatic hydroxyl groups is 1. The van der Waals surface area contributed by atoms with Gasteiger partial charge in [-0.25, -0.2) is 4.98 Å². The molecule has 5 rings (SSSR count). The summed E-state index contributed by atoms with van der Waals surface area (Å²) >= 11 is 0. The third-order valence-electron chi connectivity index (χ3n) is 6.47. The molecule has 30 heavy (non-hydrogen) atoms. The van der Waals surface area contributed by atoms with Crippen molar-refractivity contribution < 1.29 is 9.84 Å².